The molecule has 0 saturated carbocycles. The molecule has 0 bridgehead atoms. The minimum absolute atomic E-state index is 0.0303. The summed E-state index contributed by atoms with van der Waals surface area (Å²) in [6.45, 7) is 0.153. The highest BCUT2D eigenvalue weighted by atomic mass is 16.5. The van der Waals surface area contributed by atoms with Crippen molar-refractivity contribution in [2.24, 2.45) is 14.1 Å². The zero-order chi connectivity index (χ0) is 25.4. The Kier molecular flexibility index (Phi) is 5.77. The number of ether oxygens (including phenoxy) is 1. The molecule has 36 heavy (non-hydrogen) atoms. The van der Waals surface area contributed by atoms with Crippen LogP contribution in [-0.4, -0.2) is 43.8 Å². The van der Waals surface area contributed by atoms with Gasteiger partial charge >= 0.3 is 12.1 Å². The number of aromatic carboxylic acids is 1. The molecule has 3 N–H and O–H groups in total. The summed E-state index contributed by atoms with van der Waals surface area (Å²) in [6, 6.07) is 17.5. The summed E-state index contributed by atoms with van der Waals surface area (Å²) in [6.07, 6.45) is 2.29. The summed E-state index contributed by atoms with van der Waals surface area (Å²) in [7, 11) is 3.18. The molecular formula is C26H23N5O5. The second-order valence-corrected chi connectivity index (χ2v) is 8.50. The van der Waals surface area contributed by atoms with Crippen molar-refractivity contribution >= 4 is 29.5 Å². The fourth-order valence-corrected chi connectivity index (χ4v) is 4.51. The molecule has 1 aliphatic carbocycles. The number of nitrogens with zero attached hydrogens (tertiary/aromatic N) is 3. The Labute approximate surface area is 206 Å². The molecule has 0 unspecified atom stereocenters. The highest BCUT2D eigenvalue weighted by Gasteiger charge is 2.29. The van der Waals surface area contributed by atoms with Gasteiger partial charge in [-0.1, -0.05) is 48.5 Å². The number of hydrogen-bond acceptors (Lipinski definition) is 5. The molecule has 0 saturated heterocycles. The van der Waals surface area contributed by atoms with Crippen LogP contribution in [0.3, 0.4) is 0 Å². The Hall–Kier alpha value is -4.86. The number of carboxylic acid groups (broad SMARTS) is 1. The van der Waals surface area contributed by atoms with Crippen LogP contribution < -0.4 is 10.6 Å². The maximum Gasteiger partial charge on any atom is 0.412 e. The molecule has 10 nitrogen and oxygen atoms in total. The molecule has 0 atom stereocenters. The predicted molar refractivity (Wildman–Crippen MR) is 132 cm³/mol. The first-order valence-corrected chi connectivity index (χ1v) is 11.2. The molecule has 0 spiro atoms. The number of carboxylic acids is 1. The number of rotatable bonds is 6. The third-order valence-electron chi connectivity index (χ3n) is 6.14. The Balaban J connectivity index is 1.24. The minimum Gasteiger partial charge on any atom is -0.477 e. The number of anilines is 2. The Morgan fingerprint density at radius 3 is 2.19 bits per heavy atom. The molecule has 5 rings (SSSR count). The van der Waals surface area contributed by atoms with Gasteiger partial charge in [0.25, 0.3) is 5.91 Å². The zero-order valence-electron chi connectivity index (χ0n) is 19.6. The fraction of sp³-hybridized carbons (Fsp3) is 0.154. The van der Waals surface area contributed by atoms with Crippen LogP contribution in [0.2, 0.25) is 0 Å². The molecule has 2 heterocycles. The first-order chi connectivity index (χ1) is 17.3. The van der Waals surface area contributed by atoms with E-state index in [0.717, 1.165) is 22.3 Å². The average molecular weight is 486 g/mol. The lowest BCUT2D eigenvalue weighted by Crippen LogP contribution is -2.18. The lowest BCUT2D eigenvalue weighted by molar-refractivity contribution is 0.0686. The SMILES string of the molecule is Cn1cc(NC(=O)c2nc(NC(=O)OCC3c4ccccc4-c4ccccc43)cn2C)cc1C(=O)O. The van der Waals surface area contributed by atoms with Gasteiger partial charge in [-0.15, -0.1) is 0 Å². The molecular weight excluding hydrogens is 462 g/mol. The van der Waals surface area contributed by atoms with E-state index in [1.807, 2.05) is 36.4 Å². The van der Waals surface area contributed by atoms with Gasteiger partial charge < -0.3 is 24.3 Å². The van der Waals surface area contributed by atoms with Crippen molar-refractivity contribution in [1.82, 2.24) is 14.1 Å². The van der Waals surface area contributed by atoms with Gasteiger partial charge in [-0.2, -0.15) is 0 Å². The second kappa shape index (κ2) is 9.06. The van der Waals surface area contributed by atoms with E-state index in [2.05, 4.69) is 27.8 Å². The first kappa shape index (κ1) is 22.9. The van der Waals surface area contributed by atoms with E-state index in [1.54, 1.807) is 14.1 Å². The van der Waals surface area contributed by atoms with Crippen molar-refractivity contribution in [2.75, 3.05) is 17.2 Å². The topological polar surface area (TPSA) is 127 Å². The van der Waals surface area contributed by atoms with Crippen molar-refractivity contribution < 1.29 is 24.2 Å². The van der Waals surface area contributed by atoms with Crippen molar-refractivity contribution in [2.45, 2.75) is 5.92 Å². The maximum absolute atomic E-state index is 12.7. The van der Waals surface area contributed by atoms with Crippen LogP contribution in [0.5, 0.6) is 0 Å². The molecule has 4 aromatic rings. The summed E-state index contributed by atoms with van der Waals surface area (Å²) < 4.78 is 8.37. The summed E-state index contributed by atoms with van der Waals surface area (Å²) in [5.74, 6) is -1.55. The number of imidazole rings is 1. The molecule has 1 aliphatic rings. The number of aromatic nitrogens is 3. The highest BCUT2D eigenvalue weighted by molar-refractivity contribution is 6.03. The minimum atomic E-state index is -1.11. The molecule has 10 heteroatoms. The molecule has 0 radical (unpaired) electrons. The summed E-state index contributed by atoms with van der Waals surface area (Å²) >= 11 is 0. The number of carbonyl (C=O) groups is 3. The summed E-state index contributed by atoms with van der Waals surface area (Å²) in [4.78, 5) is 40.6. The highest BCUT2D eigenvalue weighted by Crippen LogP contribution is 2.44. The third-order valence-corrected chi connectivity index (χ3v) is 6.14. The van der Waals surface area contributed by atoms with Gasteiger partial charge in [0.15, 0.2) is 5.82 Å². The van der Waals surface area contributed by atoms with Crippen LogP contribution >= 0.6 is 0 Å². The van der Waals surface area contributed by atoms with E-state index in [9.17, 15) is 14.4 Å². The first-order valence-electron chi connectivity index (χ1n) is 11.2. The number of hydrogen-bond donors (Lipinski definition) is 3. The van der Waals surface area contributed by atoms with E-state index >= 15 is 0 Å². The van der Waals surface area contributed by atoms with Gasteiger partial charge in [-0.25, -0.2) is 14.6 Å². The average Bonchev–Trinajstić information content (AvgIpc) is 3.50. The predicted octanol–water partition coefficient (Wildman–Crippen LogP) is 4.07. The monoisotopic (exact) mass is 485 g/mol. The standard InChI is InChI=1S/C26H23N5O5/c1-30-12-15(11-21(30)25(33)34)27-24(32)23-28-22(13-31(23)2)29-26(35)36-14-20-18-9-5-3-7-16(18)17-8-4-6-10-19(17)20/h3-13,20H,14H2,1-2H3,(H,27,32)(H,29,35)(H,33,34). The van der Waals surface area contributed by atoms with E-state index in [-0.39, 0.29) is 29.9 Å². The molecule has 2 aromatic carbocycles. The van der Waals surface area contributed by atoms with E-state index in [1.165, 1.54) is 27.6 Å². The summed E-state index contributed by atoms with van der Waals surface area (Å²) in [5, 5.41) is 14.3. The zero-order valence-corrected chi connectivity index (χ0v) is 19.6. The quantitative estimate of drug-likeness (QED) is 0.378. The van der Waals surface area contributed by atoms with Crippen molar-refractivity contribution in [3.8, 4) is 11.1 Å². The van der Waals surface area contributed by atoms with Crippen LogP contribution in [0.25, 0.3) is 11.1 Å². The Morgan fingerprint density at radius 1 is 0.944 bits per heavy atom. The Bertz CT molecular complexity index is 1460. The van der Waals surface area contributed by atoms with Gasteiger partial charge in [0, 0.05) is 32.4 Å². The van der Waals surface area contributed by atoms with Gasteiger partial charge in [0.1, 0.15) is 12.3 Å². The number of fused-ring (bicyclic) bond motifs is 3. The third kappa shape index (κ3) is 4.20. The number of amides is 2. The molecule has 182 valence electrons. The number of benzene rings is 2. The lowest BCUT2D eigenvalue weighted by atomic mass is 9.98. The Morgan fingerprint density at radius 2 is 1.58 bits per heavy atom. The van der Waals surface area contributed by atoms with Crippen molar-refractivity contribution in [3.05, 3.63) is 89.6 Å². The normalized spacial score (nSPS) is 12.1. The van der Waals surface area contributed by atoms with Crippen LogP contribution in [-0.2, 0) is 18.8 Å². The number of nitrogens with one attached hydrogen (secondary N) is 2. The van der Waals surface area contributed by atoms with Gasteiger partial charge in [0.05, 0.1) is 5.69 Å². The van der Waals surface area contributed by atoms with Crippen molar-refractivity contribution in [1.29, 1.82) is 0 Å². The van der Waals surface area contributed by atoms with Gasteiger partial charge in [-0.05, 0) is 28.3 Å². The lowest BCUT2D eigenvalue weighted by Gasteiger charge is -2.14. The molecule has 0 fully saturated rings. The van der Waals surface area contributed by atoms with E-state index in [4.69, 9.17) is 9.84 Å². The maximum atomic E-state index is 12.7. The van der Waals surface area contributed by atoms with Gasteiger partial charge in [0.2, 0.25) is 5.82 Å². The van der Waals surface area contributed by atoms with Crippen molar-refractivity contribution in [3.63, 3.8) is 0 Å². The van der Waals surface area contributed by atoms with E-state index < -0.39 is 18.0 Å². The second-order valence-electron chi connectivity index (χ2n) is 8.50. The van der Waals surface area contributed by atoms with E-state index in [0.29, 0.717) is 5.69 Å². The molecule has 2 amide bonds. The number of carbonyl (C=O) groups excluding carboxylic acids is 2. The van der Waals surface area contributed by atoms with Gasteiger partial charge in [-0.3, -0.25) is 10.1 Å². The molecule has 2 aromatic heterocycles. The van der Waals surface area contributed by atoms with Crippen LogP contribution in [0, 0.1) is 0 Å². The van der Waals surface area contributed by atoms with Crippen LogP contribution in [0.1, 0.15) is 38.2 Å². The fourth-order valence-electron chi connectivity index (χ4n) is 4.51. The number of aryl methyl sites for hydroxylation is 2. The summed E-state index contributed by atoms with van der Waals surface area (Å²) in [5.41, 5.74) is 4.83. The molecule has 0 aliphatic heterocycles. The van der Waals surface area contributed by atoms with Crippen LogP contribution in [0.4, 0.5) is 16.3 Å². The van der Waals surface area contributed by atoms with Crippen LogP contribution in [0.15, 0.2) is 67.0 Å². The largest absolute Gasteiger partial charge is 0.477 e. The smallest absolute Gasteiger partial charge is 0.412 e.